The molecule has 1 amide bonds. The van der Waals surface area contributed by atoms with Gasteiger partial charge in [0.2, 0.25) is 0 Å². The lowest BCUT2D eigenvalue weighted by Crippen LogP contribution is -2.43. The smallest absolute Gasteiger partial charge is 0.407 e. The summed E-state index contributed by atoms with van der Waals surface area (Å²) in [6.45, 7) is 8.25. The van der Waals surface area contributed by atoms with Crippen LogP contribution in [0.15, 0.2) is 18.3 Å². The summed E-state index contributed by atoms with van der Waals surface area (Å²) < 4.78 is 10.1. The van der Waals surface area contributed by atoms with Crippen molar-refractivity contribution in [3.63, 3.8) is 0 Å². The molecule has 0 aromatic carbocycles. The van der Waals surface area contributed by atoms with Crippen molar-refractivity contribution in [1.29, 1.82) is 0 Å². The lowest BCUT2D eigenvalue weighted by atomic mass is 10.0. The molecule has 6 nitrogen and oxygen atoms in total. The summed E-state index contributed by atoms with van der Waals surface area (Å²) in [5.41, 5.74) is 2.03. The number of hydrogen-bond acceptors (Lipinski definition) is 5. The zero-order valence-corrected chi connectivity index (χ0v) is 15.0. The molecule has 0 aliphatic carbocycles. The number of hydrogen-bond donors (Lipinski definition) is 1. The van der Waals surface area contributed by atoms with Gasteiger partial charge < -0.3 is 14.8 Å². The lowest BCUT2D eigenvalue weighted by Gasteiger charge is -2.18. The first-order valence-corrected chi connectivity index (χ1v) is 8.49. The summed E-state index contributed by atoms with van der Waals surface area (Å²) in [7, 11) is 0. The van der Waals surface area contributed by atoms with E-state index in [-0.39, 0.29) is 19.1 Å². The summed E-state index contributed by atoms with van der Waals surface area (Å²) in [4.78, 5) is 28.1. The van der Waals surface area contributed by atoms with Gasteiger partial charge in [0.05, 0.1) is 13.2 Å². The van der Waals surface area contributed by atoms with Crippen molar-refractivity contribution < 1.29 is 19.1 Å². The third-order valence-electron chi connectivity index (χ3n) is 3.46. The zero-order chi connectivity index (χ0) is 17.9. The van der Waals surface area contributed by atoms with Gasteiger partial charge in [0.1, 0.15) is 6.04 Å². The normalized spacial score (nSPS) is 11.9. The van der Waals surface area contributed by atoms with E-state index in [1.807, 2.05) is 32.2 Å². The van der Waals surface area contributed by atoms with E-state index in [0.29, 0.717) is 12.8 Å². The summed E-state index contributed by atoms with van der Waals surface area (Å²) >= 11 is 0. The first-order chi connectivity index (χ1) is 11.5. The van der Waals surface area contributed by atoms with Gasteiger partial charge in [-0.25, -0.2) is 9.59 Å². The van der Waals surface area contributed by atoms with Gasteiger partial charge >= 0.3 is 12.1 Å². The predicted molar refractivity (Wildman–Crippen MR) is 91.7 cm³/mol. The summed E-state index contributed by atoms with van der Waals surface area (Å²) in [5, 5.41) is 2.58. The van der Waals surface area contributed by atoms with Gasteiger partial charge in [-0.15, -0.1) is 0 Å². The van der Waals surface area contributed by atoms with E-state index in [1.165, 1.54) is 5.56 Å². The van der Waals surface area contributed by atoms with Crippen molar-refractivity contribution in [2.75, 3.05) is 13.2 Å². The van der Waals surface area contributed by atoms with Gasteiger partial charge in [0, 0.05) is 18.3 Å². The number of rotatable bonds is 9. The number of nitrogens with zero attached hydrogens (tertiary/aromatic N) is 1. The SMILES string of the molecule is CCOC(=O)C(CC(C)C)NC(=O)OCCc1ccc(CC)cn1. The van der Waals surface area contributed by atoms with Crippen molar-refractivity contribution >= 4 is 12.1 Å². The summed E-state index contributed by atoms with van der Waals surface area (Å²) in [6, 6.07) is 3.27. The molecule has 0 bridgehead atoms. The molecule has 134 valence electrons. The van der Waals surface area contributed by atoms with E-state index in [4.69, 9.17) is 9.47 Å². The Kier molecular flexibility index (Phi) is 8.83. The number of aryl methyl sites for hydroxylation is 1. The minimum atomic E-state index is -0.681. The Morgan fingerprint density at radius 3 is 2.50 bits per heavy atom. The molecule has 1 aromatic heterocycles. The first-order valence-electron chi connectivity index (χ1n) is 8.49. The highest BCUT2D eigenvalue weighted by atomic mass is 16.6. The van der Waals surface area contributed by atoms with Crippen molar-refractivity contribution in [2.24, 2.45) is 5.92 Å². The average molecular weight is 336 g/mol. The molecule has 0 radical (unpaired) electrons. The molecule has 0 spiro atoms. The number of aromatic nitrogens is 1. The molecule has 1 unspecified atom stereocenters. The van der Waals surface area contributed by atoms with Crippen molar-refractivity contribution in [1.82, 2.24) is 10.3 Å². The number of esters is 1. The number of carbonyl (C=O) groups excluding carboxylic acids is 2. The standard InChI is InChI=1S/C18H28N2O4/c1-5-14-7-8-15(19-12-14)9-10-24-18(22)20-16(11-13(3)4)17(21)23-6-2/h7-8,12-13,16H,5-6,9-11H2,1-4H3,(H,20,22). The van der Waals surface area contributed by atoms with Gasteiger partial charge in [0.15, 0.2) is 0 Å². The molecule has 0 saturated heterocycles. The lowest BCUT2D eigenvalue weighted by molar-refractivity contribution is -0.146. The highest BCUT2D eigenvalue weighted by Gasteiger charge is 2.23. The van der Waals surface area contributed by atoms with E-state index in [9.17, 15) is 9.59 Å². The van der Waals surface area contributed by atoms with Crippen LogP contribution in [0.3, 0.4) is 0 Å². The Labute approximate surface area is 143 Å². The number of amides is 1. The Balaban J connectivity index is 2.42. The second kappa shape index (κ2) is 10.6. The van der Waals surface area contributed by atoms with E-state index in [2.05, 4.69) is 17.2 Å². The largest absolute Gasteiger partial charge is 0.464 e. The van der Waals surface area contributed by atoms with Crippen LogP contribution in [-0.4, -0.2) is 36.3 Å². The fraction of sp³-hybridized carbons (Fsp3) is 0.611. The Morgan fingerprint density at radius 1 is 1.21 bits per heavy atom. The maximum atomic E-state index is 11.9. The number of alkyl carbamates (subject to hydrolysis) is 1. The van der Waals surface area contributed by atoms with Crippen LogP contribution in [0.1, 0.15) is 45.4 Å². The third kappa shape index (κ3) is 7.44. The van der Waals surface area contributed by atoms with Gasteiger partial charge in [0.25, 0.3) is 0 Å². The van der Waals surface area contributed by atoms with Crippen LogP contribution >= 0.6 is 0 Å². The zero-order valence-electron chi connectivity index (χ0n) is 15.0. The number of ether oxygens (including phenoxy) is 2. The van der Waals surface area contributed by atoms with Crippen molar-refractivity contribution in [3.8, 4) is 0 Å². The van der Waals surface area contributed by atoms with Crippen molar-refractivity contribution in [2.45, 2.75) is 53.0 Å². The van der Waals surface area contributed by atoms with Crippen LogP contribution in [0.4, 0.5) is 4.79 Å². The number of pyridine rings is 1. The van der Waals surface area contributed by atoms with Crippen LogP contribution in [0.25, 0.3) is 0 Å². The molecule has 1 atom stereocenters. The Morgan fingerprint density at radius 2 is 1.96 bits per heavy atom. The van der Waals surface area contributed by atoms with Crippen LogP contribution in [0, 0.1) is 5.92 Å². The van der Waals surface area contributed by atoms with Gasteiger partial charge in [-0.05, 0) is 37.3 Å². The molecule has 0 aliphatic heterocycles. The van der Waals surface area contributed by atoms with Crippen LogP contribution in [0.5, 0.6) is 0 Å². The topological polar surface area (TPSA) is 77.5 Å². The maximum absolute atomic E-state index is 11.9. The first kappa shape index (κ1) is 19.9. The van der Waals surface area contributed by atoms with Crippen LogP contribution in [0.2, 0.25) is 0 Å². The fourth-order valence-corrected chi connectivity index (χ4v) is 2.17. The number of nitrogens with one attached hydrogen (secondary N) is 1. The second-order valence-electron chi connectivity index (χ2n) is 5.98. The summed E-state index contributed by atoms with van der Waals surface area (Å²) in [5.74, 6) is -0.180. The van der Waals surface area contributed by atoms with Crippen LogP contribution < -0.4 is 5.32 Å². The number of carbonyl (C=O) groups is 2. The minimum absolute atomic E-state index is 0.210. The maximum Gasteiger partial charge on any atom is 0.407 e. The molecule has 6 heteroatoms. The molecule has 0 aliphatic rings. The molecule has 1 aromatic rings. The molecule has 0 fully saturated rings. The van der Waals surface area contributed by atoms with E-state index < -0.39 is 18.1 Å². The van der Waals surface area contributed by atoms with Crippen LogP contribution in [-0.2, 0) is 27.1 Å². The van der Waals surface area contributed by atoms with E-state index in [1.54, 1.807) is 6.92 Å². The summed E-state index contributed by atoms with van der Waals surface area (Å²) in [6.07, 6.45) is 3.20. The predicted octanol–water partition coefficient (Wildman–Crippen LogP) is 2.89. The molecule has 0 saturated carbocycles. The molecular weight excluding hydrogens is 308 g/mol. The second-order valence-corrected chi connectivity index (χ2v) is 5.98. The highest BCUT2D eigenvalue weighted by Crippen LogP contribution is 2.07. The molecular formula is C18H28N2O4. The monoisotopic (exact) mass is 336 g/mol. The van der Waals surface area contributed by atoms with E-state index >= 15 is 0 Å². The van der Waals surface area contributed by atoms with Gasteiger partial charge in [-0.3, -0.25) is 4.98 Å². The van der Waals surface area contributed by atoms with Gasteiger partial charge in [-0.1, -0.05) is 26.8 Å². The Bertz CT molecular complexity index is 514. The fourth-order valence-electron chi connectivity index (χ4n) is 2.17. The molecule has 1 rings (SSSR count). The molecule has 24 heavy (non-hydrogen) atoms. The highest BCUT2D eigenvalue weighted by molar-refractivity contribution is 5.81. The third-order valence-corrected chi connectivity index (χ3v) is 3.46. The average Bonchev–Trinajstić information content (AvgIpc) is 2.54. The van der Waals surface area contributed by atoms with Crippen molar-refractivity contribution in [3.05, 3.63) is 29.6 Å². The van der Waals surface area contributed by atoms with Gasteiger partial charge in [-0.2, -0.15) is 0 Å². The molecule has 1 heterocycles. The minimum Gasteiger partial charge on any atom is -0.464 e. The quantitative estimate of drug-likeness (QED) is 0.702. The molecule has 1 N–H and O–H groups in total. The van der Waals surface area contributed by atoms with E-state index in [0.717, 1.165) is 12.1 Å². The Hall–Kier alpha value is -2.11.